The van der Waals surface area contributed by atoms with Gasteiger partial charge in [-0.2, -0.15) is 13.2 Å². The zero-order chi connectivity index (χ0) is 44.5. The smallest absolute Gasteiger partial charge is 0.268 e. The van der Waals surface area contributed by atoms with E-state index in [9.17, 15) is 52.6 Å². The van der Waals surface area contributed by atoms with Gasteiger partial charge in [0, 0.05) is 24.3 Å². The van der Waals surface area contributed by atoms with Crippen LogP contribution in [0.2, 0.25) is 0 Å². The van der Waals surface area contributed by atoms with Gasteiger partial charge in [0.25, 0.3) is 35.0 Å². The third-order valence-electron chi connectivity index (χ3n) is 11.1. The van der Waals surface area contributed by atoms with E-state index in [1.54, 1.807) is 73.7 Å². The van der Waals surface area contributed by atoms with Crippen LogP contribution in [-0.4, -0.2) is 33.5 Å². The minimum absolute atomic E-state index is 0.00127. The lowest BCUT2D eigenvalue weighted by Gasteiger charge is -2.19. The molecule has 0 atom stereocenters. The Hall–Kier alpha value is -8.59. The van der Waals surface area contributed by atoms with E-state index >= 15 is 0 Å². The number of amides is 4. The fraction of sp³-hybridized carbons (Fsp3) is 0.0417. The number of aryl methyl sites for hydroxylation is 1. The van der Waals surface area contributed by atoms with Crippen LogP contribution in [0.3, 0.4) is 0 Å². The highest BCUT2D eigenvalue weighted by molar-refractivity contribution is 6.35. The number of imide groups is 2. The van der Waals surface area contributed by atoms with Gasteiger partial charge in [0.1, 0.15) is 0 Å². The minimum atomic E-state index is -4.88. The molecule has 2 aliphatic rings. The number of hydrogen-bond donors (Lipinski definition) is 0. The lowest BCUT2D eigenvalue weighted by molar-refractivity contribution is -0.385. The average molecular weight is 845 g/mol. The number of rotatable bonds is 8. The molecule has 0 unspecified atom stereocenters. The Kier molecular flexibility index (Phi) is 9.39. The molecule has 0 saturated carbocycles. The van der Waals surface area contributed by atoms with Crippen molar-refractivity contribution in [2.75, 3.05) is 9.80 Å². The van der Waals surface area contributed by atoms with Crippen LogP contribution in [0.1, 0.15) is 52.6 Å². The van der Waals surface area contributed by atoms with Gasteiger partial charge in [0.05, 0.1) is 49.0 Å². The predicted molar refractivity (Wildman–Crippen MR) is 226 cm³/mol. The lowest BCUT2D eigenvalue weighted by atomic mass is 9.94. The van der Waals surface area contributed by atoms with Crippen LogP contribution < -0.4 is 9.80 Å². The number of carbonyl (C=O) groups excluding carboxylic acids is 4. The molecule has 308 valence electrons. The third kappa shape index (κ3) is 6.86. The largest absolute Gasteiger partial charge is 0.417 e. The summed E-state index contributed by atoms with van der Waals surface area (Å²) in [7, 11) is 0. The van der Waals surface area contributed by atoms with E-state index in [0.717, 1.165) is 11.0 Å². The number of alkyl halides is 3. The van der Waals surface area contributed by atoms with E-state index in [0.29, 0.717) is 49.5 Å². The first-order valence-corrected chi connectivity index (χ1v) is 19.1. The van der Waals surface area contributed by atoms with Gasteiger partial charge >= 0.3 is 6.18 Å². The summed E-state index contributed by atoms with van der Waals surface area (Å²) in [4.78, 5) is 77.0. The van der Waals surface area contributed by atoms with Crippen molar-refractivity contribution in [3.05, 3.63) is 199 Å². The molecule has 0 bridgehead atoms. The SMILES string of the molecule is Cc1cc(N2C(=O)c3ccc(-c4ccc([N+](=O)[O-])cc4)cc3C2=O)ccc1-c1ccc(-c2ccc(N3C(=O)c4ccc(-c5ccc([N+](=O)[O-])cc5)cc4C3=O)cc2C(F)(F)F)cc1. The summed E-state index contributed by atoms with van der Waals surface area (Å²) in [6.07, 6.45) is -4.88. The second-order valence-corrected chi connectivity index (χ2v) is 14.8. The molecule has 7 aromatic carbocycles. The van der Waals surface area contributed by atoms with Crippen LogP contribution in [0.25, 0.3) is 44.5 Å². The van der Waals surface area contributed by atoms with Crippen LogP contribution in [0.4, 0.5) is 35.9 Å². The van der Waals surface area contributed by atoms with Gasteiger partial charge in [0.15, 0.2) is 0 Å². The number of carbonyl (C=O) groups is 4. The summed E-state index contributed by atoms with van der Waals surface area (Å²) in [5.74, 6) is -2.68. The van der Waals surface area contributed by atoms with Gasteiger partial charge in [-0.25, -0.2) is 9.80 Å². The molecule has 7 aromatic rings. The van der Waals surface area contributed by atoms with E-state index in [4.69, 9.17) is 0 Å². The number of nitro groups is 2. The highest BCUT2D eigenvalue weighted by Crippen LogP contribution is 2.42. The fourth-order valence-electron chi connectivity index (χ4n) is 7.96. The first kappa shape index (κ1) is 39.8. The minimum Gasteiger partial charge on any atom is -0.268 e. The third-order valence-corrected chi connectivity index (χ3v) is 11.1. The van der Waals surface area contributed by atoms with Gasteiger partial charge in [0.2, 0.25) is 0 Å². The molecule has 9 rings (SSSR count). The van der Waals surface area contributed by atoms with Crippen LogP contribution in [-0.2, 0) is 6.18 Å². The molecule has 0 aromatic heterocycles. The molecule has 15 heteroatoms. The number of benzene rings is 7. The maximum Gasteiger partial charge on any atom is 0.417 e. The molecule has 63 heavy (non-hydrogen) atoms. The molecule has 0 saturated heterocycles. The number of fused-ring (bicyclic) bond motifs is 2. The summed E-state index contributed by atoms with van der Waals surface area (Å²) in [5, 5.41) is 22.1. The average Bonchev–Trinajstić information content (AvgIpc) is 3.68. The number of nitrogens with zero attached hydrogens (tertiary/aromatic N) is 4. The second-order valence-electron chi connectivity index (χ2n) is 14.8. The first-order valence-electron chi connectivity index (χ1n) is 19.1. The van der Waals surface area contributed by atoms with Crippen molar-refractivity contribution >= 4 is 46.4 Å². The highest BCUT2D eigenvalue weighted by atomic mass is 19.4. The van der Waals surface area contributed by atoms with E-state index in [2.05, 4.69) is 0 Å². The Labute approximate surface area is 354 Å². The zero-order valence-electron chi connectivity index (χ0n) is 32.5. The number of nitro benzene ring substituents is 2. The standard InChI is InChI=1S/C48H27F3N4O8/c1-26-22-35(52-44(56)39-18-10-31(23-41(39)46(52)58)27-6-12-33(13-7-27)54(60)61)16-20-37(26)29-2-4-30(5-3-29)38-21-17-36(25-43(38)48(49,50)51)53-45(57)40-19-11-32(24-42(40)47(53)59)28-8-14-34(15-9-28)55(62)63/h2-25H,1H3. The van der Waals surface area contributed by atoms with Crippen molar-refractivity contribution in [1.82, 2.24) is 0 Å². The van der Waals surface area contributed by atoms with Gasteiger partial charge in [-0.05, 0) is 130 Å². The summed E-state index contributed by atoms with van der Waals surface area (Å²) in [6, 6.07) is 35.1. The molecule has 12 nitrogen and oxygen atoms in total. The Morgan fingerprint density at radius 2 is 0.762 bits per heavy atom. The van der Waals surface area contributed by atoms with Gasteiger partial charge < -0.3 is 0 Å². The van der Waals surface area contributed by atoms with Gasteiger partial charge in [-0.15, -0.1) is 0 Å². The van der Waals surface area contributed by atoms with Crippen molar-refractivity contribution in [3.63, 3.8) is 0 Å². The molecule has 0 radical (unpaired) electrons. The van der Waals surface area contributed by atoms with Crippen molar-refractivity contribution in [1.29, 1.82) is 0 Å². The molecule has 0 spiro atoms. The predicted octanol–water partition coefficient (Wildman–Crippen LogP) is 11.1. The van der Waals surface area contributed by atoms with Crippen molar-refractivity contribution in [2.24, 2.45) is 0 Å². The molecule has 0 aliphatic carbocycles. The molecular formula is C48H27F3N4O8. The fourth-order valence-corrected chi connectivity index (χ4v) is 7.96. The topological polar surface area (TPSA) is 161 Å². The molecule has 2 aliphatic heterocycles. The molecule has 0 N–H and O–H groups in total. The normalized spacial score (nSPS) is 13.4. The van der Waals surface area contributed by atoms with Crippen molar-refractivity contribution in [2.45, 2.75) is 13.1 Å². The molecule has 4 amide bonds. The Morgan fingerprint density at radius 1 is 0.413 bits per heavy atom. The molecule has 2 heterocycles. The summed E-state index contributed by atoms with van der Waals surface area (Å²) < 4.78 is 44.1. The molecular weight excluding hydrogens is 818 g/mol. The maximum atomic E-state index is 14.7. The Balaban J connectivity index is 0.952. The monoisotopic (exact) mass is 844 g/mol. The van der Waals surface area contributed by atoms with Crippen molar-refractivity contribution in [3.8, 4) is 44.5 Å². The number of anilines is 2. The first-order chi connectivity index (χ1) is 30.1. The Bertz CT molecular complexity index is 3150. The quantitative estimate of drug-likeness (QED) is 0.0829. The van der Waals surface area contributed by atoms with Gasteiger partial charge in [-0.1, -0.05) is 48.5 Å². The van der Waals surface area contributed by atoms with Crippen LogP contribution in [0.5, 0.6) is 0 Å². The lowest BCUT2D eigenvalue weighted by Crippen LogP contribution is -2.29. The Morgan fingerprint density at radius 3 is 1.17 bits per heavy atom. The number of hydrogen-bond acceptors (Lipinski definition) is 8. The van der Waals surface area contributed by atoms with Crippen LogP contribution in [0, 0.1) is 27.2 Å². The highest BCUT2D eigenvalue weighted by Gasteiger charge is 2.40. The van der Waals surface area contributed by atoms with Crippen LogP contribution >= 0.6 is 0 Å². The van der Waals surface area contributed by atoms with E-state index in [1.165, 1.54) is 72.8 Å². The zero-order valence-corrected chi connectivity index (χ0v) is 32.5. The van der Waals surface area contributed by atoms with E-state index in [-0.39, 0.29) is 50.4 Å². The summed E-state index contributed by atoms with van der Waals surface area (Å²) in [6.45, 7) is 1.77. The number of non-ortho nitro benzene ring substituents is 2. The second kappa shape index (κ2) is 14.8. The van der Waals surface area contributed by atoms with E-state index < -0.39 is 45.2 Å². The van der Waals surface area contributed by atoms with Crippen molar-refractivity contribution < 1.29 is 42.2 Å². The van der Waals surface area contributed by atoms with E-state index in [1.807, 2.05) is 0 Å². The van der Waals surface area contributed by atoms with Crippen LogP contribution in [0.15, 0.2) is 146 Å². The number of halogens is 3. The maximum absolute atomic E-state index is 14.7. The van der Waals surface area contributed by atoms with Gasteiger partial charge in [-0.3, -0.25) is 39.4 Å². The summed E-state index contributed by atoms with van der Waals surface area (Å²) >= 11 is 0. The molecule has 0 fully saturated rings. The summed E-state index contributed by atoms with van der Waals surface area (Å²) in [5.41, 5.74) is 3.37.